The van der Waals surface area contributed by atoms with Crippen LogP contribution in [0.4, 0.5) is 0 Å². The molecule has 0 aliphatic carbocycles. The van der Waals surface area contributed by atoms with Crippen molar-refractivity contribution in [3.8, 4) is 0 Å². The van der Waals surface area contributed by atoms with E-state index in [0.717, 1.165) is 0 Å². The summed E-state index contributed by atoms with van der Waals surface area (Å²) in [5, 5.41) is 27.8. The van der Waals surface area contributed by atoms with Crippen molar-refractivity contribution in [2.24, 2.45) is 11.7 Å². The summed E-state index contributed by atoms with van der Waals surface area (Å²) in [7, 11) is 0. The molecule has 8 N–H and O–H groups in total. The molecule has 6 atom stereocenters. The maximum Gasteiger partial charge on any atom is 0.327 e. The first-order chi connectivity index (χ1) is 19.1. The summed E-state index contributed by atoms with van der Waals surface area (Å²) in [5.41, 5.74) is 5.68. The molecule has 0 aromatic heterocycles. The Labute approximate surface area is 248 Å². The van der Waals surface area contributed by atoms with Gasteiger partial charge >= 0.3 is 11.9 Å². The van der Waals surface area contributed by atoms with E-state index in [1.165, 1.54) is 11.8 Å². The molecule has 41 heavy (non-hydrogen) atoms. The summed E-state index contributed by atoms with van der Waals surface area (Å²) in [6.45, 7) is 5.18. The van der Waals surface area contributed by atoms with Crippen molar-refractivity contribution in [3.05, 3.63) is 0 Å². The molecule has 0 saturated carbocycles. The lowest BCUT2D eigenvalue weighted by Gasteiger charge is -2.28. The number of nitrogens with two attached hydrogens (primary N) is 1. The Kier molecular flexibility index (Phi) is 14.9. The van der Waals surface area contributed by atoms with Crippen molar-refractivity contribution >= 4 is 66.7 Å². The van der Waals surface area contributed by atoms with Crippen molar-refractivity contribution in [1.82, 2.24) is 26.2 Å². The number of hydrogen-bond acceptors (Lipinski definition) is 10. The predicted octanol–water partition coefficient (Wildman–Crippen LogP) is -2.27. The van der Waals surface area contributed by atoms with Gasteiger partial charge in [-0.2, -0.15) is 25.3 Å². The maximum atomic E-state index is 13.1. The second-order valence-electron chi connectivity index (χ2n) is 10.1. The van der Waals surface area contributed by atoms with Gasteiger partial charge in [-0.3, -0.25) is 28.8 Å². The SMILES string of the molecule is CC(C)C[C@H](NC(=O)[C@H](CS)NC(=O)[C@@H]1CCCN1C(=O)[C@@H](N)CC(=O)O)C(=O)N[C@@H](C)C(=O)N[C@@H](CS)C(=O)O. The number of carboxylic acids is 2. The average Bonchev–Trinajstić information content (AvgIpc) is 3.38. The molecule has 5 amide bonds. The molecule has 0 aromatic rings. The van der Waals surface area contributed by atoms with Gasteiger partial charge in [0.05, 0.1) is 12.5 Å². The lowest BCUT2D eigenvalue weighted by molar-refractivity contribution is -0.144. The van der Waals surface area contributed by atoms with Gasteiger partial charge in [0.25, 0.3) is 0 Å². The smallest absolute Gasteiger partial charge is 0.327 e. The standard InChI is InChI=1S/C24H40N6O9S2/c1-11(2)7-14(20(34)26-12(3)19(33)29-16(10-41)24(38)39)27-21(35)15(9-40)28-22(36)17-5-4-6-30(17)23(37)13(25)8-18(31)32/h11-17,40-41H,4-10,25H2,1-3H3,(H,26,34)(H,27,35)(H,28,36)(H,29,33)(H,31,32)(H,38,39)/t12-,13-,14-,15-,16-,17-/m0/s1. The molecule has 1 fully saturated rings. The molecule has 1 heterocycles. The van der Waals surface area contributed by atoms with Gasteiger partial charge < -0.3 is 42.1 Å². The molecule has 0 unspecified atom stereocenters. The predicted molar refractivity (Wildman–Crippen MR) is 153 cm³/mol. The largest absolute Gasteiger partial charge is 0.481 e. The first-order valence-corrected chi connectivity index (χ1v) is 14.3. The van der Waals surface area contributed by atoms with Crippen LogP contribution >= 0.6 is 25.3 Å². The molecule has 1 saturated heterocycles. The highest BCUT2D eigenvalue weighted by molar-refractivity contribution is 7.80. The summed E-state index contributed by atoms with van der Waals surface area (Å²) >= 11 is 8.02. The highest BCUT2D eigenvalue weighted by Gasteiger charge is 2.38. The number of carbonyl (C=O) groups is 7. The monoisotopic (exact) mass is 620 g/mol. The molecule has 17 heteroatoms. The van der Waals surface area contributed by atoms with Crippen molar-refractivity contribution in [2.75, 3.05) is 18.1 Å². The van der Waals surface area contributed by atoms with Gasteiger partial charge in [0.15, 0.2) is 0 Å². The molecular weight excluding hydrogens is 580 g/mol. The van der Waals surface area contributed by atoms with Gasteiger partial charge in [-0.15, -0.1) is 0 Å². The van der Waals surface area contributed by atoms with E-state index in [9.17, 15) is 33.6 Å². The average molecular weight is 621 g/mol. The van der Waals surface area contributed by atoms with E-state index < -0.39 is 84.1 Å². The summed E-state index contributed by atoms with van der Waals surface area (Å²) < 4.78 is 0. The number of amides is 5. The molecular formula is C24H40N6O9S2. The van der Waals surface area contributed by atoms with Crippen LogP contribution in [-0.2, 0) is 33.6 Å². The zero-order valence-electron chi connectivity index (χ0n) is 23.2. The normalized spacial score (nSPS) is 18.4. The van der Waals surface area contributed by atoms with Crippen molar-refractivity contribution in [2.45, 2.75) is 82.7 Å². The van der Waals surface area contributed by atoms with Crippen LogP contribution in [0.3, 0.4) is 0 Å². The maximum absolute atomic E-state index is 13.1. The second kappa shape index (κ2) is 17.0. The fourth-order valence-electron chi connectivity index (χ4n) is 4.09. The van der Waals surface area contributed by atoms with E-state index in [0.29, 0.717) is 6.42 Å². The van der Waals surface area contributed by atoms with Gasteiger partial charge in [0, 0.05) is 18.1 Å². The van der Waals surface area contributed by atoms with Gasteiger partial charge in [0.2, 0.25) is 29.5 Å². The van der Waals surface area contributed by atoms with Crippen LogP contribution in [0.1, 0.15) is 46.5 Å². The van der Waals surface area contributed by atoms with Crippen LogP contribution in [0.25, 0.3) is 0 Å². The highest BCUT2D eigenvalue weighted by Crippen LogP contribution is 2.19. The van der Waals surface area contributed by atoms with Crippen molar-refractivity contribution in [1.29, 1.82) is 0 Å². The Bertz CT molecular complexity index is 999. The molecule has 1 aliphatic heterocycles. The minimum atomic E-state index is -1.32. The van der Waals surface area contributed by atoms with Gasteiger partial charge in [0.1, 0.15) is 30.2 Å². The third-order valence-electron chi connectivity index (χ3n) is 6.26. The van der Waals surface area contributed by atoms with E-state index in [4.69, 9.17) is 15.9 Å². The number of rotatable bonds is 16. The Hall–Kier alpha value is -3.05. The van der Waals surface area contributed by atoms with Crippen LogP contribution in [0.2, 0.25) is 0 Å². The molecule has 0 spiro atoms. The Morgan fingerprint density at radius 1 is 0.854 bits per heavy atom. The number of nitrogens with zero attached hydrogens (tertiary/aromatic N) is 1. The molecule has 232 valence electrons. The second-order valence-corrected chi connectivity index (χ2v) is 10.9. The Balaban J connectivity index is 2.90. The minimum Gasteiger partial charge on any atom is -0.481 e. The van der Waals surface area contributed by atoms with Crippen LogP contribution in [0, 0.1) is 5.92 Å². The van der Waals surface area contributed by atoms with E-state index in [1.807, 2.05) is 13.8 Å². The van der Waals surface area contributed by atoms with Crippen molar-refractivity contribution in [3.63, 3.8) is 0 Å². The number of carbonyl (C=O) groups excluding carboxylic acids is 5. The third kappa shape index (κ3) is 11.4. The molecule has 1 rings (SSSR count). The molecule has 0 radical (unpaired) electrons. The van der Waals surface area contributed by atoms with Crippen LogP contribution < -0.4 is 27.0 Å². The lowest BCUT2D eigenvalue weighted by Crippen LogP contribution is -2.59. The number of nitrogens with one attached hydrogen (secondary N) is 4. The highest BCUT2D eigenvalue weighted by atomic mass is 32.1. The fourth-order valence-corrected chi connectivity index (χ4v) is 4.60. The van der Waals surface area contributed by atoms with Crippen LogP contribution in [0.15, 0.2) is 0 Å². The summed E-state index contributed by atoms with van der Waals surface area (Å²) in [6, 6.07) is -6.96. The molecule has 0 aromatic carbocycles. The van der Waals surface area contributed by atoms with E-state index in [2.05, 4.69) is 46.5 Å². The molecule has 1 aliphatic rings. The topological polar surface area (TPSA) is 237 Å². The van der Waals surface area contributed by atoms with Gasteiger partial charge in [-0.1, -0.05) is 13.8 Å². The summed E-state index contributed by atoms with van der Waals surface area (Å²) in [6.07, 6.45) is 0.345. The number of hydrogen-bond donors (Lipinski definition) is 9. The zero-order chi connectivity index (χ0) is 31.4. The Morgan fingerprint density at radius 2 is 1.41 bits per heavy atom. The minimum absolute atomic E-state index is 0.0622. The molecule has 15 nitrogen and oxygen atoms in total. The number of aliphatic carboxylic acids is 2. The lowest BCUT2D eigenvalue weighted by atomic mass is 10.0. The Morgan fingerprint density at radius 3 is 1.93 bits per heavy atom. The number of likely N-dealkylation sites (tertiary alicyclic amines) is 1. The van der Waals surface area contributed by atoms with Gasteiger partial charge in [-0.05, 0) is 32.1 Å². The van der Waals surface area contributed by atoms with Crippen molar-refractivity contribution < 1.29 is 43.8 Å². The van der Waals surface area contributed by atoms with E-state index >= 15 is 0 Å². The quantitative estimate of drug-likeness (QED) is 0.0839. The third-order valence-corrected chi connectivity index (χ3v) is 6.99. The van der Waals surface area contributed by atoms with E-state index in [-0.39, 0.29) is 36.8 Å². The van der Waals surface area contributed by atoms with Crippen LogP contribution in [0.5, 0.6) is 0 Å². The molecule has 0 bridgehead atoms. The number of carboxylic acid groups (broad SMARTS) is 2. The van der Waals surface area contributed by atoms with Crippen LogP contribution in [-0.4, -0.2) is 111 Å². The van der Waals surface area contributed by atoms with E-state index in [1.54, 1.807) is 0 Å². The fraction of sp³-hybridized carbons (Fsp3) is 0.708. The summed E-state index contributed by atoms with van der Waals surface area (Å²) in [4.78, 5) is 87.3. The zero-order valence-corrected chi connectivity index (χ0v) is 25.0. The first kappa shape index (κ1) is 36.0. The summed E-state index contributed by atoms with van der Waals surface area (Å²) in [5.74, 6) is -6.44. The van der Waals surface area contributed by atoms with Gasteiger partial charge in [-0.25, -0.2) is 4.79 Å². The number of thiol groups is 2. The first-order valence-electron chi connectivity index (χ1n) is 13.1.